The minimum atomic E-state index is -0.472. The van der Waals surface area contributed by atoms with Crippen LogP contribution in [0.1, 0.15) is 0 Å². The summed E-state index contributed by atoms with van der Waals surface area (Å²) in [5.41, 5.74) is 0. The van der Waals surface area contributed by atoms with Gasteiger partial charge < -0.3 is 0 Å². The molecule has 1 aromatic carbocycles. The summed E-state index contributed by atoms with van der Waals surface area (Å²) in [6.07, 6.45) is 0. The Bertz CT molecular complexity index is 229. The molecule has 0 saturated carbocycles. The van der Waals surface area contributed by atoms with Crippen molar-refractivity contribution >= 4 is 32.1 Å². The third-order valence-electron chi connectivity index (χ3n) is 1.35. The van der Waals surface area contributed by atoms with Crippen LogP contribution in [0.15, 0.2) is 30.3 Å². The van der Waals surface area contributed by atoms with Crippen LogP contribution in [0.25, 0.3) is 0 Å². The first kappa shape index (κ1) is 17.1. The van der Waals surface area contributed by atoms with Gasteiger partial charge in [-0.1, -0.05) is 18.2 Å². The van der Waals surface area contributed by atoms with E-state index < -0.39 is 16.5 Å². The van der Waals surface area contributed by atoms with Crippen molar-refractivity contribution < 1.29 is 21.1 Å². The molecule has 0 aliphatic carbocycles. The maximum atomic E-state index is 7.50. The Labute approximate surface area is 103 Å². The summed E-state index contributed by atoms with van der Waals surface area (Å²) in [7, 11) is 9.54. The standard InChI is InChI=1S/C8H11P.CO.2ClH.Pt/c1-9(2)8-6-4-3-5-7-8;1-2;;;/h3-7H,1-2H3;;2*1H;/q;;;;+2/p-1. The van der Waals surface area contributed by atoms with Crippen LogP contribution < -0.4 is 5.30 Å². The quantitative estimate of drug-likeness (QED) is 0.369. The maximum absolute atomic E-state index is 7.50. The van der Waals surface area contributed by atoms with Gasteiger partial charge in [-0.05, 0) is 12.1 Å². The number of halogens is 2. The molecule has 1 rings (SSSR count). The first-order valence-corrected chi connectivity index (χ1v) is 11.7. The van der Waals surface area contributed by atoms with E-state index in [1.165, 1.54) is 5.30 Å². The zero-order valence-electron chi connectivity index (χ0n) is 7.87. The molecule has 0 spiro atoms. The van der Waals surface area contributed by atoms with Crippen molar-refractivity contribution in [3.8, 4) is 0 Å². The summed E-state index contributed by atoms with van der Waals surface area (Å²) < 4.78 is 7.50. The molecule has 0 aliphatic heterocycles. The van der Waals surface area contributed by atoms with Gasteiger partial charge >= 0.3 is 46.6 Å². The van der Waals surface area contributed by atoms with Crippen molar-refractivity contribution in [2.75, 3.05) is 13.3 Å². The molecular weight excluding hydrogens is 421 g/mol. The SMILES string of the molecule is C[PH+](C)c1ccccc1.[C-]#[O+].[Cl][Pt][Cl]. The van der Waals surface area contributed by atoms with Crippen LogP contribution >= 0.6 is 26.8 Å². The first-order chi connectivity index (χ1) is 6.72. The summed E-state index contributed by atoms with van der Waals surface area (Å²) in [6, 6.07) is 10.7. The summed E-state index contributed by atoms with van der Waals surface area (Å²) in [6.45, 7) is 9.11. The van der Waals surface area contributed by atoms with Gasteiger partial charge in [-0.3, -0.25) is 0 Å². The molecule has 0 N–H and O–H groups in total. The fourth-order valence-electron chi connectivity index (χ4n) is 0.771. The number of rotatable bonds is 1. The van der Waals surface area contributed by atoms with E-state index in [2.05, 4.69) is 50.3 Å². The monoisotopic (exact) mass is 432 g/mol. The van der Waals surface area contributed by atoms with Gasteiger partial charge in [0, 0.05) is 7.92 Å². The molecule has 0 heterocycles. The average Bonchev–Trinajstić information content (AvgIpc) is 2.23. The second-order valence-corrected chi connectivity index (χ2v) is 8.27. The Morgan fingerprint density at radius 1 is 1.14 bits per heavy atom. The van der Waals surface area contributed by atoms with E-state index in [9.17, 15) is 0 Å². The molecule has 82 valence electrons. The van der Waals surface area contributed by atoms with Gasteiger partial charge in [0.1, 0.15) is 0 Å². The zero-order valence-corrected chi connectivity index (χ0v) is 12.7. The molecule has 0 unspecified atom stereocenters. The summed E-state index contributed by atoms with van der Waals surface area (Å²) in [5, 5.41) is 1.52. The van der Waals surface area contributed by atoms with Gasteiger partial charge in [-0.15, -0.1) is 0 Å². The molecule has 0 amide bonds. The van der Waals surface area contributed by atoms with Gasteiger partial charge in [-0.2, -0.15) is 0 Å². The Morgan fingerprint density at radius 3 is 1.71 bits per heavy atom. The Hall–Kier alpha value is 0.658. The first-order valence-electron chi connectivity index (χ1n) is 3.60. The van der Waals surface area contributed by atoms with E-state index in [0.717, 1.165) is 0 Å². The second-order valence-electron chi connectivity index (χ2n) is 2.41. The van der Waals surface area contributed by atoms with E-state index >= 15 is 0 Å². The van der Waals surface area contributed by atoms with Crippen molar-refractivity contribution in [3.63, 3.8) is 0 Å². The van der Waals surface area contributed by atoms with Gasteiger partial charge in [0.05, 0.1) is 18.6 Å². The zero-order chi connectivity index (χ0) is 11.4. The predicted molar refractivity (Wildman–Crippen MR) is 61.9 cm³/mol. The summed E-state index contributed by atoms with van der Waals surface area (Å²) >= 11 is -0.472. The van der Waals surface area contributed by atoms with E-state index in [4.69, 9.17) is 23.5 Å². The molecule has 0 aliphatic rings. The van der Waals surface area contributed by atoms with Crippen LogP contribution in [0.4, 0.5) is 0 Å². The van der Waals surface area contributed by atoms with Crippen molar-refractivity contribution in [1.29, 1.82) is 0 Å². The number of hydrogen-bond donors (Lipinski definition) is 0. The van der Waals surface area contributed by atoms with Crippen LogP contribution in [0.2, 0.25) is 0 Å². The molecule has 0 saturated heterocycles. The Morgan fingerprint density at radius 2 is 1.50 bits per heavy atom. The van der Waals surface area contributed by atoms with E-state index in [1.807, 2.05) is 0 Å². The fraction of sp³-hybridized carbons (Fsp3) is 0.222. The van der Waals surface area contributed by atoms with Crippen LogP contribution in [0, 0.1) is 6.65 Å². The normalized spacial score (nSPS) is 8.21. The molecular formula is C9H12Cl2OPPt+. The third kappa shape index (κ3) is 10.7. The van der Waals surface area contributed by atoms with Gasteiger partial charge in [0.15, 0.2) is 0 Å². The molecule has 0 aromatic heterocycles. The molecule has 1 nitrogen and oxygen atoms in total. The third-order valence-corrected chi connectivity index (χ3v) is 2.84. The predicted octanol–water partition coefficient (Wildman–Crippen LogP) is 3.12. The van der Waals surface area contributed by atoms with Crippen LogP contribution in [0.5, 0.6) is 0 Å². The average molecular weight is 433 g/mol. The Balaban J connectivity index is 0. The summed E-state index contributed by atoms with van der Waals surface area (Å²) in [4.78, 5) is 0. The van der Waals surface area contributed by atoms with Gasteiger partial charge in [0.25, 0.3) is 0 Å². The molecule has 5 heteroatoms. The van der Waals surface area contributed by atoms with E-state index in [1.54, 1.807) is 0 Å². The Kier molecular flexibility index (Phi) is 16.6. The van der Waals surface area contributed by atoms with Crippen LogP contribution in [-0.4, -0.2) is 13.3 Å². The van der Waals surface area contributed by atoms with Crippen molar-refractivity contribution in [2.24, 2.45) is 0 Å². The molecule has 14 heavy (non-hydrogen) atoms. The molecule has 0 fully saturated rings. The summed E-state index contributed by atoms with van der Waals surface area (Å²) in [5.74, 6) is 0. The van der Waals surface area contributed by atoms with Gasteiger partial charge in [0.2, 0.25) is 0 Å². The minimum absolute atomic E-state index is 0.212. The topological polar surface area (TPSA) is 19.9 Å². The molecule has 1 aromatic rings. The van der Waals surface area contributed by atoms with Crippen molar-refractivity contribution in [1.82, 2.24) is 0 Å². The van der Waals surface area contributed by atoms with Crippen LogP contribution in [0.3, 0.4) is 0 Å². The number of benzene rings is 1. The van der Waals surface area contributed by atoms with Gasteiger partial charge in [-0.25, -0.2) is 0 Å². The fourth-order valence-corrected chi connectivity index (χ4v) is 1.63. The molecule has 0 atom stereocenters. The number of hydrogen-bond acceptors (Lipinski definition) is 0. The molecule has 0 bridgehead atoms. The van der Waals surface area contributed by atoms with Crippen LogP contribution in [-0.2, 0) is 21.1 Å². The second kappa shape index (κ2) is 13.7. The van der Waals surface area contributed by atoms with Crippen molar-refractivity contribution in [2.45, 2.75) is 0 Å². The molecule has 0 radical (unpaired) electrons. The van der Waals surface area contributed by atoms with E-state index in [0.29, 0.717) is 0 Å². The van der Waals surface area contributed by atoms with E-state index in [-0.39, 0.29) is 7.92 Å². The van der Waals surface area contributed by atoms with Crippen molar-refractivity contribution in [3.05, 3.63) is 37.0 Å².